The highest BCUT2D eigenvalue weighted by atomic mass is 16.5. The van der Waals surface area contributed by atoms with E-state index in [1.165, 1.54) is 38.5 Å². The van der Waals surface area contributed by atoms with Crippen molar-refractivity contribution in [2.24, 2.45) is 0 Å². The van der Waals surface area contributed by atoms with Crippen molar-refractivity contribution in [1.82, 2.24) is 29.6 Å². The van der Waals surface area contributed by atoms with Crippen molar-refractivity contribution in [1.29, 1.82) is 5.26 Å². The van der Waals surface area contributed by atoms with Gasteiger partial charge in [-0.1, -0.05) is 6.42 Å². The number of fused-ring (bicyclic) bond motifs is 1. The number of pyridine rings is 1. The lowest BCUT2D eigenvalue weighted by Gasteiger charge is -2.29. The number of rotatable bonds is 4. The van der Waals surface area contributed by atoms with Gasteiger partial charge < -0.3 is 15.0 Å². The number of piperidine rings is 2. The van der Waals surface area contributed by atoms with E-state index in [1.807, 2.05) is 29.3 Å². The third-order valence-electron chi connectivity index (χ3n) is 6.08. The van der Waals surface area contributed by atoms with Gasteiger partial charge in [-0.2, -0.15) is 15.5 Å². The van der Waals surface area contributed by atoms with Gasteiger partial charge in [-0.3, -0.25) is 9.48 Å². The molecular formula is C23H29N7O2. The van der Waals surface area contributed by atoms with Crippen molar-refractivity contribution in [3.05, 3.63) is 36.4 Å². The highest BCUT2D eigenvalue weighted by Gasteiger charge is 2.21. The summed E-state index contributed by atoms with van der Waals surface area (Å²) in [6, 6.07) is 4.32. The summed E-state index contributed by atoms with van der Waals surface area (Å²) in [5.74, 6) is 0.601. The Morgan fingerprint density at radius 3 is 2.50 bits per heavy atom. The standard InChI is InChI=1S/C18H18N6O2.C5H11N/c1-26-17-6-13(10-24-18(17)14(7-19)8-21-24)15-9-20-23(11-15)16-2-4-22(12-25)5-3-16;1-2-4-6-5-3-1/h6,8-12,16H,2-5H2,1H3;6H,1-5H2. The van der Waals surface area contributed by atoms with Gasteiger partial charge in [0, 0.05) is 36.6 Å². The van der Waals surface area contributed by atoms with Crippen LogP contribution in [0.1, 0.15) is 43.7 Å². The Kier molecular flexibility index (Phi) is 7.02. The summed E-state index contributed by atoms with van der Waals surface area (Å²) in [5, 5.41) is 21.3. The third kappa shape index (κ3) is 4.75. The zero-order chi connectivity index (χ0) is 22.3. The monoisotopic (exact) mass is 435 g/mol. The Bertz CT molecular complexity index is 1070. The fraction of sp³-hybridized carbons (Fsp3) is 0.478. The maximum atomic E-state index is 10.8. The number of methoxy groups -OCH3 is 1. The van der Waals surface area contributed by atoms with Gasteiger partial charge in [0.05, 0.1) is 25.5 Å². The van der Waals surface area contributed by atoms with Crippen molar-refractivity contribution >= 4 is 11.9 Å². The largest absolute Gasteiger partial charge is 0.494 e. The summed E-state index contributed by atoms with van der Waals surface area (Å²) in [6.07, 6.45) is 14.2. The lowest BCUT2D eigenvalue weighted by molar-refractivity contribution is -0.119. The molecule has 5 rings (SSSR count). The molecule has 1 N–H and O–H groups in total. The highest BCUT2D eigenvalue weighted by Crippen LogP contribution is 2.30. The Labute approximate surface area is 187 Å². The molecule has 0 aromatic carbocycles. The van der Waals surface area contributed by atoms with E-state index >= 15 is 0 Å². The number of carbonyl (C=O) groups excluding carboxylic acids is 1. The van der Waals surface area contributed by atoms with E-state index in [-0.39, 0.29) is 0 Å². The van der Waals surface area contributed by atoms with Gasteiger partial charge in [-0.25, -0.2) is 4.52 Å². The minimum Gasteiger partial charge on any atom is -0.494 e. The zero-order valence-corrected chi connectivity index (χ0v) is 18.4. The number of amides is 1. The van der Waals surface area contributed by atoms with Crippen LogP contribution >= 0.6 is 0 Å². The van der Waals surface area contributed by atoms with Gasteiger partial charge in [-0.15, -0.1) is 0 Å². The van der Waals surface area contributed by atoms with E-state index in [2.05, 4.69) is 21.6 Å². The van der Waals surface area contributed by atoms with E-state index in [0.717, 1.165) is 43.5 Å². The predicted molar refractivity (Wildman–Crippen MR) is 120 cm³/mol. The maximum Gasteiger partial charge on any atom is 0.209 e. The fourth-order valence-corrected chi connectivity index (χ4v) is 4.22. The summed E-state index contributed by atoms with van der Waals surface area (Å²) >= 11 is 0. The minimum absolute atomic E-state index is 0.292. The molecule has 3 aromatic heterocycles. The first-order valence-corrected chi connectivity index (χ1v) is 11.1. The SMILES string of the molecule is C1CCNCC1.COc1cc(-c2cnn(C3CCN(C=O)CC3)c2)cn2ncc(C#N)c12. The molecule has 0 saturated carbocycles. The van der Waals surface area contributed by atoms with Crippen LogP contribution in [0.15, 0.2) is 30.9 Å². The highest BCUT2D eigenvalue weighted by molar-refractivity contribution is 5.74. The summed E-state index contributed by atoms with van der Waals surface area (Å²) in [6.45, 7) is 4.01. The number of nitriles is 1. The van der Waals surface area contributed by atoms with Crippen LogP contribution in [-0.2, 0) is 4.79 Å². The molecule has 0 bridgehead atoms. The topological polar surface area (TPSA) is 100 Å². The molecule has 0 atom stereocenters. The van der Waals surface area contributed by atoms with Crippen LogP contribution in [0.2, 0.25) is 0 Å². The number of aromatic nitrogens is 4. The molecule has 0 radical (unpaired) electrons. The molecule has 32 heavy (non-hydrogen) atoms. The number of carbonyl (C=O) groups is 1. The molecule has 168 valence electrons. The second kappa shape index (κ2) is 10.3. The molecule has 2 aliphatic heterocycles. The minimum atomic E-state index is 0.292. The molecule has 2 fully saturated rings. The number of hydrogen-bond donors (Lipinski definition) is 1. The first-order chi connectivity index (χ1) is 15.7. The molecule has 1 amide bonds. The zero-order valence-electron chi connectivity index (χ0n) is 18.4. The van der Waals surface area contributed by atoms with Gasteiger partial charge in [0.25, 0.3) is 0 Å². The van der Waals surface area contributed by atoms with Crippen LogP contribution in [0.4, 0.5) is 0 Å². The lowest BCUT2D eigenvalue weighted by atomic mass is 10.1. The molecule has 9 heteroatoms. The number of likely N-dealkylation sites (tertiary alicyclic amines) is 1. The lowest BCUT2D eigenvalue weighted by Crippen LogP contribution is -2.33. The second-order valence-electron chi connectivity index (χ2n) is 8.15. The number of hydrogen-bond acceptors (Lipinski definition) is 6. The van der Waals surface area contributed by atoms with Crippen molar-refractivity contribution in [3.8, 4) is 22.9 Å². The van der Waals surface area contributed by atoms with Gasteiger partial charge in [-0.05, 0) is 44.8 Å². The quantitative estimate of drug-likeness (QED) is 0.633. The van der Waals surface area contributed by atoms with Crippen molar-refractivity contribution in [2.75, 3.05) is 33.3 Å². The van der Waals surface area contributed by atoms with E-state index in [0.29, 0.717) is 22.9 Å². The van der Waals surface area contributed by atoms with E-state index in [9.17, 15) is 10.1 Å². The van der Waals surface area contributed by atoms with E-state index in [4.69, 9.17) is 4.74 Å². The third-order valence-corrected chi connectivity index (χ3v) is 6.08. The predicted octanol–water partition coefficient (Wildman–Crippen LogP) is 2.63. The Hall–Kier alpha value is -3.38. The number of nitrogens with one attached hydrogen (secondary N) is 1. The molecular weight excluding hydrogens is 406 g/mol. The van der Waals surface area contributed by atoms with Gasteiger partial charge in [0.1, 0.15) is 22.9 Å². The van der Waals surface area contributed by atoms with Crippen molar-refractivity contribution in [3.63, 3.8) is 0 Å². The normalized spacial score (nSPS) is 16.8. The first-order valence-electron chi connectivity index (χ1n) is 11.1. The molecule has 0 unspecified atom stereocenters. The summed E-state index contributed by atoms with van der Waals surface area (Å²) < 4.78 is 9.09. The maximum absolute atomic E-state index is 10.8. The molecule has 0 aliphatic carbocycles. The van der Waals surface area contributed by atoms with Crippen LogP contribution in [0.5, 0.6) is 5.75 Å². The Morgan fingerprint density at radius 1 is 1.12 bits per heavy atom. The van der Waals surface area contributed by atoms with Crippen molar-refractivity contribution < 1.29 is 9.53 Å². The Morgan fingerprint density at radius 2 is 1.91 bits per heavy atom. The average Bonchev–Trinajstić information content (AvgIpc) is 3.52. The van der Waals surface area contributed by atoms with Crippen LogP contribution in [-0.4, -0.2) is 64.0 Å². The molecule has 5 heterocycles. The van der Waals surface area contributed by atoms with Gasteiger partial charge in [0.15, 0.2) is 0 Å². The fourth-order valence-electron chi connectivity index (χ4n) is 4.22. The number of ether oxygens (including phenoxy) is 1. The van der Waals surface area contributed by atoms with Crippen molar-refractivity contribution in [2.45, 2.75) is 38.1 Å². The molecule has 0 spiro atoms. The van der Waals surface area contributed by atoms with E-state index in [1.54, 1.807) is 16.5 Å². The smallest absolute Gasteiger partial charge is 0.209 e. The molecule has 9 nitrogen and oxygen atoms in total. The van der Waals surface area contributed by atoms with Crippen LogP contribution < -0.4 is 10.1 Å². The van der Waals surface area contributed by atoms with Gasteiger partial charge in [0.2, 0.25) is 6.41 Å². The van der Waals surface area contributed by atoms with E-state index < -0.39 is 0 Å². The van der Waals surface area contributed by atoms with Crippen LogP contribution in [0.25, 0.3) is 16.6 Å². The molecule has 2 saturated heterocycles. The van der Waals surface area contributed by atoms with Gasteiger partial charge >= 0.3 is 0 Å². The molecule has 3 aromatic rings. The molecule has 2 aliphatic rings. The van der Waals surface area contributed by atoms with Crippen LogP contribution in [0, 0.1) is 11.3 Å². The summed E-state index contributed by atoms with van der Waals surface area (Å²) in [4.78, 5) is 12.6. The second-order valence-corrected chi connectivity index (χ2v) is 8.15. The summed E-state index contributed by atoms with van der Waals surface area (Å²) in [7, 11) is 1.58. The summed E-state index contributed by atoms with van der Waals surface area (Å²) in [5.41, 5.74) is 3.01. The number of nitrogens with zero attached hydrogens (tertiary/aromatic N) is 6. The average molecular weight is 436 g/mol. The first kappa shape index (κ1) is 21.8. The van der Waals surface area contributed by atoms with Crippen LogP contribution in [0.3, 0.4) is 0 Å². The Balaban J connectivity index is 0.000000354.